The number of aryl methyl sites for hydroxylation is 1. The number of furan rings is 1. The lowest BCUT2D eigenvalue weighted by molar-refractivity contribution is 0.485. The molecule has 0 aliphatic carbocycles. The van der Waals surface area contributed by atoms with Gasteiger partial charge < -0.3 is 9.73 Å². The molecule has 3 heteroatoms. The van der Waals surface area contributed by atoms with Crippen molar-refractivity contribution < 1.29 is 4.42 Å². The Kier molecular flexibility index (Phi) is 17.4. The molecule has 0 saturated heterocycles. The highest BCUT2D eigenvalue weighted by atomic mass is 32.2. The average Bonchev–Trinajstić information content (AvgIpc) is 2.81. The third-order valence-electron chi connectivity index (χ3n) is 1.66. The van der Waals surface area contributed by atoms with Gasteiger partial charge in [0.1, 0.15) is 11.5 Å². The van der Waals surface area contributed by atoms with E-state index in [9.17, 15) is 0 Å². The quantitative estimate of drug-likeness (QED) is 0.796. The van der Waals surface area contributed by atoms with E-state index in [2.05, 4.69) is 31.3 Å². The van der Waals surface area contributed by atoms with E-state index in [1.54, 1.807) is 0 Å². The second-order valence-electron chi connectivity index (χ2n) is 3.27. The van der Waals surface area contributed by atoms with Crippen LogP contribution in [0.2, 0.25) is 0 Å². The Morgan fingerprint density at radius 2 is 1.65 bits per heavy atom. The van der Waals surface area contributed by atoms with Crippen molar-refractivity contribution in [2.45, 2.75) is 46.3 Å². The topological polar surface area (TPSA) is 25.2 Å². The molecule has 0 bridgehead atoms. The molecule has 1 aromatic rings. The number of hydrogen-bond acceptors (Lipinski definition) is 3. The van der Waals surface area contributed by atoms with Crippen molar-refractivity contribution in [3.8, 4) is 0 Å². The monoisotopic (exact) mass is 259 g/mol. The van der Waals surface area contributed by atoms with Gasteiger partial charge in [-0.3, -0.25) is 0 Å². The van der Waals surface area contributed by atoms with Gasteiger partial charge >= 0.3 is 0 Å². The first-order chi connectivity index (χ1) is 8.28. The molecule has 0 unspecified atom stereocenters. The lowest BCUT2D eigenvalue weighted by atomic mass is 10.4. The Hall–Kier alpha value is -0.410. The van der Waals surface area contributed by atoms with Gasteiger partial charge in [-0.05, 0) is 38.4 Å². The van der Waals surface area contributed by atoms with Crippen LogP contribution in [-0.4, -0.2) is 19.8 Å². The zero-order chi connectivity index (χ0) is 13.5. The van der Waals surface area contributed by atoms with E-state index >= 15 is 0 Å². The van der Waals surface area contributed by atoms with E-state index in [1.807, 2.05) is 39.7 Å². The van der Waals surface area contributed by atoms with Gasteiger partial charge in [0.25, 0.3) is 0 Å². The van der Waals surface area contributed by atoms with Crippen molar-refractivity contribution in [2.75, 3.05) is 19.8 Å². The van der Waals surface area contributed by atoms with Gasteiger partial charge in [-0.15, -0.1) is 0 Å². The molecule has 0 saturated carbocycles. The summed E-state index contributed by atoms with van der Waals surface area (Å²) in [6.07, 6.45) is 2.24. The Morgan fingerprint density at radius 3 is 2.06 bits per heavy atom. The Bertz CT molecular complexity index is 236. The van der Waals surface area contributed by atoms with Gasteiger partial charge in [-0.25, -0.2) is 0 Å². The van der Waals surface area contributed by atoms with Crippen molar-refractivity contribution >= 4 is 11.8 Å². The minimum absolute atomic E-state index is 0.998. The Balaban J connectivity index is 0. The van der Waals surface area contributed by atoms with E-state index in [1.165, 1.54) is 12.2 Å². The molecule has 0 aliphatic rings. The molecule has 102 valence electrons. The summed E-state index contributed by atoms with van der Waals surface area (Å²) >= 11 is 1.94. The van der Waals surface area contributed by atoms with Crippen LogP contribution in [-0.2, 0) is 12.2 Å². The van der Waals surface area contributed by atoms with Crippen molar-refractivity contribution in [3.05, 3.63) is 23.7 Å². The highest BCUT2D eigenvalue weighted by molar-refractivity contribution is 7.98. The summed E-state index contributed by atoms with van der Waals surface area (Å²) in [6, 6.07) is 4.16. The molecule has 0 radical (unpaired) electrons. The molecule has 0 atom stereocenters. The Labute approximate surface area is 112 Å². The van der Waals surface area contributed by atoms with E-state index in [0.717, 1.165) is 23.7 Å². The van der Waals surface area contributed by atoms with Gasteiger partial charge in [0.2, 0.25) is 0 Å². The molecule has 1 heterocycles. The molecular formula is C14H29NOS. The van der Waals surface area contributed by atoms with Crippen LogP contribution < -0.4 is 5.32 Å². The first kappa shape index (κ1) is 18.9. The maximum absolute atomic E-state index is 5.56. The second-order valence-corrected chi connectivity index (χ2v) is 4.38. The summed E-state index contributed by atoms with van der Waals surface area (Å²) in [6.45, 7) is 8.31. The van der Waals surface area contributed by atoms with E-state index in [-0.39, 0.29) is 0 Å². The Morgan fingerprint density at radius 1 is 1.12 bits per heavy atom. The fourth-order valence-corrected chi connectivity index (χ4v) is 1.80. The molecule has 0 aromatic carbocycles. The van der Waals surface area contributed by atoms with E-state index < -0.39 is 0 Å². The van der Waals surface area contributed by atoms with Crippen LogP contribution in [0.4, 0.5) is 0 Å². The zero-order valence-corrected chi connectivity index (χ0v) is 13.1. The third kappa shape index (κ3) is 11.8. The molecule has 0 fully saturated rings. The number of rotatable bonds is 5. The molecular weight excluding hydrogens is 230 g/mol. The molecule has 2 nitrogen and oxygen atoms in total. The van der Waals surface area contributed by atoms with Crippen LogP contribution in [0, 0.1) is 0 Å². The summed E-state index contributed by atoms with van der Waals surface area (Å²) in [5, 5.41) is 2.75. The van der Waals surface area contributed by atoms with Gasteiger partial charge in [-0.2, -0.15) is 11.8 Å². The molecule has 1 aromatic heterocycles. The summed E-state index contributed by atoms with van der Waals surface area (Å²) in [7, 11) is 3.75. The fourth-order valence-electron chi connectivity index (χ4n) is 1.01. The van der Waals surface area contributed by atoms with Crippen LogP contribution in [0.5, 0.6) is 0 Å². The van der Waals surface area contributed by atoms with Gasteiger partial charge in [-0.1, -0.05) is 27.7 Å². The highest BCUT2D eigenvalue weighted by Crippen LogP contribution is 2.16. The second kappa shape index (κ2) is 15.6. The van der Waals surface area contributed by atoms with Crippen molar-refractivity contribution in [2.24, 2.45) is 0 Å². The standard InChI is InChI=1S/C10H16OS.C2H7N.C2H6/c1-3-7-12-8-10-6-5-9(4-2)11-10;1-3-2;1-2/h5-6H,3-4,7-8H2,1-2H3;3H,1-2H3;1-2H3. The minimum Gasteiger partial charge on any atom is -0.465 e. The first-order valence-corrected chi connectivity index (χ1v) is 7.67. The minimum atomic E-state index is 0.998. The maximum Gasteiger partial charge on any atom is 0.114 e. The average molecular weight is 259 g/mol. The summed E-state index contributed by atoms with van der Waals surface area (Å²) < 4.78 is 5.56. The molecule has 1 N–H and O–H groups in total. The largest absolute Gasteiger partial charge is 0.465 e. The van der Waals surface area contributed by atoms with Crippen LogP contribution in [0.15, 0.2) is 16.5 Å². The van der Waals surface area contributed by atoms with Gasteiger partial charge in [0.05, 0.1) is 5.75 Å². The number of hydrogen-bond donors (Lipinski definition) is 1. The summed E-state index contributed by atoms with van der Waals surface area (Å²) in [4.78, 5) is 0. The zero-order valence-electron chi connectivity index (χ0n) is 12.3. The van der Waals surface area contributed by atoms with Crippen LogP contribution in [0.25, 0.3) is 0 Å². The fraction of sp³-hybridized carbons (Fsp3) is 0.714. The summed E-state index contributed by atoms with van der Waals surface area (Å²) in [5.74, 6) is 4.46. The lowest BCUT2D eigenvalue weighted by Gasteiger charge is -1.95. The van der Waals surface area contributed by atoms with Gasteiger partial charge in [0, 0.05) is 6.42 Å². The normalized spacial score (nSPS) is 8.82. The molecule has 17 heavy (non-hydrogen) atoms. The highest BCUT2D eigenvalue weighted by Gasteiger charge is 1.99. The molecule has 0 aliphatic heterocycles. The lowest BCUT2D eigenvalue weighted by Crippen LogP contribution is -1.89. The molecule has 1 rings (SSSR count). The van der Waals surface area contributed by atoms with Crippen molar-refractivity contribution in [1.82, 2.24) is 5.32 Å². The third-order valence-corrected chi connectivity index (χ3v) is 2.84. The van der Waals surface area contributed by atoms with Crippen LogP contribution in [0.3, 0.4) is 0 Å². The molecule has 0 amide bonds. The van der Waals surface area contributed by atoms with Crippen molar-refractivity contribution in [1.29, 1.82) is 0 Å². The smallest absolute Gasteiger partial charge is 0.114 e. The van der Waals surface area contributed by atoms with Crippen LogP contribution >= 0.6 is 11.8 Å². The first-order valence-electron chi connectivity index (χ1n) is 6.52. The van der Waals surface area contributed by atoms with Crippen LogP contribution in [0.1, 0.15) is 45.6 Å². The SMILES string of the molecule is CC.CCCSCc1ccc(CC)o1.CNC. The number of thioether (sulfide) groups is 1. The number of nitrogens with one attached hydrogen (secondary N) is 1. The maximum atomic E-state index is 5.56. The summed E-state index contributed by atoms with van der Waals surface area (Å²) in [5.41, 5.74) is 0. The molecule has 0 spiro atoms. The predicted octanol–water partition coefficient (Wildman–Crippen LogP) is 4.35. The van der Waals surface area contributed by atoms with Gasteiger partial charge in [0.15, 0.2) is 0 Å². The van der Waals surface area contributed by atoms with E-state index in [4.69, 9.17) is 4.42 Å². The van der Waals surface area contributed by atoms with E-state index in [0.29, 0.717) is 0 Å². The van der Waals surface area contributed by atoms with Crippen molar-refractivity contribution in [3.63, 3.8) is 0 Å². The predicted molar refractivity (Wildman–Crippen MR) is 80.9 cm³/mol.